The molecule has 0 saturated carbocycles. The number of halogens is 3. The van der Waals surface area contributed by atoms with Gasteiger partial charge in [-0.2, -0.15) is 13.2 Å². The van der Waals surface area contributed by atoms with Crippen LogP contribution in [0.3, 0.4) is 0 Å². The summed E-state index contributed by atoms with van der Waals surface area (Å²) >= 11 is 0. The Hall–Kier alpha value is -3.13. The monoisotopic (exact) mass is 346 g/mol. The van der Waals surface area contributed by atoms with E-state index in [-0.39, 0.29) is 5.56 Å². The van der Waals surface area contributed by atoms with Gasteiger partial charge in [0.05, 0.1) is 23.2 Å². The number of hydrogen-bond acceptors (Lipinski definition) is 6. The number of hydrogen-bond donors (Lipinski definition) is 2. The molecule has 0 aliphatic carbocycles. The molecular formula is C13H9F3N2O6. The molecule has 0 aliphatic heterocycles. The van der Waals surface area contributed by atoms with E-state index in [4.69, 9.17) is 5.11 Å². The molecule has 0 unspecified atom stereocenters. The lowest BCUT2D eigenvalue weighted by Gasteiger charge is -2.11. The van der Waals surface area contributed by atoms with Gasteiger partial charge in [-0.25, -0.2) is 4.79 Å². The van der Waals surface area contributed by atoms with E-state index in [1.807, 2.05) is 0 Å². The van der Waals surface area contributed by atoms with Crippen LogP contribution < -0.4 is 5.32 Å². The van der Waals surface area contributed by atoms with Crippen molar-refractivity contribution in [1.82, 2.24) is 0 Å². The zero-order chi connectivity index (χ0) is 18.5. The van der Waals surface area contributed by atoms with Crippen LogP contribution in [0.4, 0.5) is 24.5 Å². The Labute approximate surface area is 132 Å². The Balaban J connectivity index is 3.60. The van der Waals surface area contributed by atoms with Crippen LogP contribution in [0.25, 0.3) is 0 Å². The molecule has 0 radical (unpaired) electrons. The number of benzene rings is 1. The van der Waals surface area contributed by atoms with Crippen molar-refractivity contribution in [3.05, 3.63) is 33.4 Å². The highest BCUT2D eigenvalue weighted by Crippen LogP contribution is 2.31. The lowest BCUT2D eigenvalue weighted by Crippen LogP contribution is -2.30. The number of nitro benzene ring substituents is 1. The lowest BCUT2D eigenvalue weighted by atomic mass is 10.1. The molecule has 128 valence electrons. The maximum absolute atomic E-state index is 12.4. The number of ether oxygens (including phenoxy) is 1. The standard InChI is InChI=1S/C13H9F3N2O6/c1-24-11(20)8-5-7(3-2-4-19)10(9(6-8)18(22)23)17-12(21)13(14,15)16/h5-6,19H,4H2,1H3,(H,17,21). The Kier molecular flexibility index (Phi) is 5.85. The number of amides is 1. The molecule has 1 aromatic carbocycles. The van der Waals surface area contributed by atoms with E-state index >= 15 is 0 Å². The van der Waals surface area contributed by atoms with Crippen molar-refractivity contribution >= 4 is 23.3 Å². The Morgan fingerprint density at radius 1 is 1.42 bits per heavy atom. The molecule has 0 bridgehead atoms. The molecule has 0 spiro atoms. The second-order valence-electron chi connectivity index (χ2n) is 4.08. The number of alkyl halides is 3. The smallest absolute Gasteiger partial charge is 0.465 e. The highest BCUT2D eigenvalue weighted by molar-refractivity contribution is 6.00. The van der Waals surface area contributed by atoms with Crippen LogP contribution >= 0.6 is 0 Å². The normalized spacial score (nSPS) is 10.4. The number of esters is 1. The molecule has 1 aromatic rings. The molecule has 0 aromatic heterocycles. The summed E-state index contributed by atoms with van der Waals surface area (Å²) in [7, 11) is 0.993. The van der Waals surface area contributed by atoms with Gasteiger partial charge in [-0.15, -0.1) is 0 Å². The summed E-state index contributed by atoms with van der Waals surface area (Å²) in [6, 6.07) is 1.54. The fourth-order valence-corrected chi connectivity index (χ4v) is 1.56. The highest BCUT2D eigenvalue weighted by atomic mass is 19.4. The van der Waals surface area contributed by atoms with E-state index in [1.54, 1.807) is 0 Å². The molecule has 1 rings (SSSR count). The van der Waals surface area contributed by atoms with Crippen molar-refractivity contribution in [2.45, 2.75) is 6.18 Å². The number of carbonyl (C=O) groups excluding carboxylic acids is 2. The summed E-state index contributed by atoms with van der Waals surface area (Å²) in [4.78, 5) is 32.5. The van der Waals surface area contributed by atoms with Gasteiger partial charge in [0.2, 0.25) is 0 Å². The number of nitro groups is 1. The predicted octanol–water partition coefficient (Wildman–Crippen LogP) is 1.23. The van der Waals surface area contributed by atoms with E-state index in [9.17, 15) is 32.9 Å². The minimum Gasteiger partial charge on any atom is -0.465 e. The Morgan fingerprint density at radius 2 is 2.04 bits per heavy atom. The molecular weight excluding hydrogens is 337 g/mol. The number of nitrogens with zero attached hydrogens (tertiary/aromatic N) is 1. The molecule has 0 saturated heterocycles. The molecule has 8 nitrogen and oxygen atoms in total. The first-order chi connectivity index (χ1) is 11.1. The fourth-order valence-electron chi connectivity index (χ4n) is 1.56. The van der Waals surface area contributed by atoms with E-state index < -0.39 is 46.5 Å². The topological polar surface area (TPSA) is 119 Å². The van der Waals surface area contributed by atoms with Gasteiger partial charge in [-0.1, -0.05) is 11.8 Å². The third-order valence-corrected chi connectivity index (χ3v) is 2.53. The molecule has 0 fully saturated rings. The first-order valence-corrected chi connectivity index (χ1v) is 6.00. The number of anilines is 1. The Morgan fingerprint density at radius 3 is 2.50 bits per heavy atom. The number of carbonyl (C=O) groups is 2. The third-order valence-electron chi connectivity index (χ3n) is 2.53. The highest BCUT2D eigenvalue weighted by Gasteiger charge is 2.40. The van der Waals surface area contributed by atoms with Crippen molar-refractivity contribution in [3.63, 3.8) is 0 Å². The molecule has 0 aliphatic rings. The maximum Gasteiger partial charge on any atom is 0.471 e. The van der Waals surface area contributed by atoms with E-state index in [0.29, 0.717) is 6.07 Å². The van der Waals surface area contributed by atoms with Crippen molar-refractivity contribution in [1.29, 1.82) is 0 Å². The second kappa shape index (κ2) is 7.42. The SMILES string of the molecule is COC(=O)c1cc(C#CCO)c(NC(=O)C(F)(F)F)c([N+](=O)[O-])c1. The summed E-state index contributed by atoms with van der Waals surface area (Å²) in [5, 5.41) is 21.1. The van der Waals surface area contributed by atoms with Gasteiger partial charge in [-0.3, -0.25) is 14.9 Å². The van der Waals surface area contributed by atoms with Crippen LogP contribution in [-0.4, -0.2) is 41.8 Å². The molecule has 0 heterocycles. The van der Waals surface area contributed by atoms with Crippen molar-refractivity contribution in [3.8, 4) is 11.8 Å². The molecule has 1 amide bonds. The van der Waals surface area contributed by atoms with Gasteiger partial charge < -0.3 is 15.2 Å². The average Bonchev–Trinajstić information content (AvgIpc) is 2.51. The number of methoxy groups -OCH3 is 1. The maximum atomic E-state index is 12.4. The zero-order valence-corrected chi connectivity index (χ0v) is 11.9. The largest absolute Gasteiger partial charge is 0.471 e. The van der Waals surface area contributed by atoms with Crippen LogP contribution in [0.1, 0.15) is 15.9 Å². The minimum atomic E-state index is -5.30. The average molecular weight is 346 g/mol. The predicted molar refractivity (Wildman–Crippen MR) is 73.1 cm³/mol. The van der Waals surface area contributed by atoms with Crippen LogP contribution in [0, 0.1) is 22.0 Å². The quantitative estimate of drug-likeness (QED) is 0.368. The van der Waals surface area contributed by atoms with Crippen molar-refractivity contribution < 1.29 is 37.5 Å². The summed E-state index contributed by atoms with van der Waals surface area (Å²) in [5.41, 5.74) is -2.67. The first kappa shape index (κ1) is 18.9. The fraction of sp³-hybridized carbons (Fsp3) is 0.231. The van der Waals surface area contributed by atoms with E-state index in [2.05, 4.69) is 16.6 Å². The van der Waals surface area contributed by atoms with Crippen LogP contribution in [0.15, 0.2) is 12.1 Å². The lowest BCUT2D eigenvalue weighted by molar-refractivity contribution is -0.384. The minimum absolute atomic E-state index is 0.364. The summed E-state index contributed by atoms with van der Waals surface area (Å²) < 4.78 is 41.5. The Bertz CT molecular complexity index is 749. The number of nitrogens with one attached hydrogen (secondary N) is 1. The summed E-state index contributed by atoms with van der Waals surface area (Å²) in [5.74, 6) is 0.749. The zero-order valence-electron chi connectivity index (χ0n) is 11.9. The van der Waals surface area contributed by atoms with Crippen molar-refractivity contribution in [2.24, 2.45) is 0 Å². The van der Waals surface area contributed by atoms with Crippen molar-refractivity contribution in [2.75, 3.05) is 19.0 Å². The second-order valence-corrected chi connectivity index (χ2v) is 4.08. The van der Waals surface area contributed by atoms with Gasteiger partial charge in [0, 0.05) is 6.07 Å². The van der Waals surface area contributed by atoms with E-state index in [1.165, 1.54) is 5.32 Å². The van der Waals surface area contributed by atoms with Gasteiger partial charge in [0.15, 0.2) is 0 Å². The number of rotatable bonds is 3. The molecule has 2 N–H and O–H groups in total. The molecule has 0 atom stereocenters. The number of aliphatic hydroxyl groups is 1. The summed E-state index contributed by atoms with van der Waals surface area (Å²) in [6.45, 7) is -0.705. The van der Waals surface area contributed by atoms with Gasteiger partial charge in [0.25, 0.3) is 5.69 Å². The summed E-state index contributed by atoms with van der Waals surface area (Å²) in [6.07, 6.45) is -5.30. The van der Waals surface area contributed by atoms with Gasteiger partial charge in [-0.05, 0) is 6.07 Å². The first-order valence-electron chi connectivity index (χ1n) is 6.00. The molecule has 11 heteroatoms. The van der Waals surface area contributed by atoms with Crippen LogP contribution in [0.2, 0.25) is 0 Å². The number of aliphatic hydroxyl groups excluding tert-OH is 1. The van der Waals surface area contributed by atoms with E-state index in [0.717, 1.165) is 13.2 Å². The van der Waals surface area contributed by atoms with Crippen LogP contribution in [-0.2, 0) is 9.53 Å². The van der Waals surface area contributed by atoms with Gasteiger partial charge in [0.1, 0.15) is 12.3 Å². The third kappa shape index (κ3) is 4.43. The van der Waals surface area contributed by atoms with Gasteiger partial charge >= 0.3 is 18.1 Å². The van der Waals surface area contributed by atoms with Crippen LogP contribution in [0.5, 0.6) is 0 Å². The molecule has 24 heavy (non-hydrogen) atoms.